The van der Waals surface area contributed by atoms with Crippen LogP contribution in [0.15, 0.2) is 24.3 Å². The standard InChI is InChI=1S/C13H16N4O4/c1-2-11-12(18)14-7-8-16(11)13(19)15-9-3-5-10(6-4-9)17(20)21/h3-6,11H,2,7-8H2,1H3,(H,14,18)(H,15,19). The molecule has 1 unspecified atom stereocenters. The number of hydrogen-bond donors (Lipinski definition) is 2. The molecule has 1 aromatic rings. The summed E-state index contributed by atoms with van der Waals surface area (Å²) in [4.78, 5) is 35.4. The Hall–Kier alpha value is -2.64. The van der Waals surface area contributed by atoms with Crippen molar-refractivity contribution in [1.29, 1.82) is 0 Å². The first-order valence-electron chi connectivity index (χ1n) is 6.62. The van der Waals surface area contributed by atoms with Crippen molar-refractivity contribution < 1.29 is 14.5 Å². The number of anilines is 1. The van der Waals surface area contributed by atoms with Crippen LogP contribution in [0.5, 0.6) is 0 Å². The van der Waals surface area contributed by atoms with E-state index in [-0.39, 0.29) is 17.6 Å². The van der Waals surface area contributed by atoms with Crippen molar-refractivity contribution in [2.45, 2.75) is 19.4 Å². The summed E-state index contributed by atoms with van der Waals surface area (Å²) in [5, 5.41) is 15.9. The van der Waals surface area contributed by atoms with Crippen molar-refractivity contribution >= 4 is 23.3 Å². The molecule has 2 rings (SSSR count). The van der Waals surface area contributed by atoms with E-state index in [9.17, 15) is 19.7 Å². The number of nitrogens with zero attached hydrogens (tertiary/aromatic N) is 2. The third-order valence-electron chi connectivity index (χ3n) is 3.31. The topological polar surface area (TPSA) is 105 Å². The number of non-ortho nitro benzene ring substituents is 1. The molecule has 1 saturated heterocycles. The number of carbonyl (C=O) groups is 2. The summed E-state index contributed by atoms with van der Waals surface area (Å²) in [5.74, 6) is -0.164. The van der Waals surface area contributed by atoms with Crippen molar-refractivity contribution in [2.75, 3.05) is 18.4 Å². The van der Waals surface area contributed by atoms with Crippen LogP contribution >= 0.6 is 0 Å². The van der Waals surface area contributed by atoms with Gasteiger partial charge in [-0.25, -0.2) is 4.79 Å². The minimum absolute atomic E-state index is 0.0446. The van der Waals surface area contributed by atoms with Crippen LogP contribution in [0.1, 0.15) is 13.3 Å². The summed E-state index contributed by atoms with van der Waals surface area (Å²) in [7, 11) is 0. The van der Waals surface area contributed by atoms with E-state index in [1.165, 1.54) is 29.2 Å². The predicted molar refractivity (Wildman–Crippen MR) is 75.9 cm³/mol. The minimum atomic E-state index is -0.506. The SMILES string of the molecule is CCC1C(=O)NCCN1C(=O)Nc1ccc([N+](=O)[O-])cc1. The Morgan fingerprint density at radius 1 is 1.48 bits per heavy atom. The van der Waals surface area contributed by atoms with Gasteiger partial charge in [-0.05, 0) is 18.6 Å². The predicted octanol–water partition coefficient (Wildman–Crippen LogP) is 1.34. The fraction of sp³-hybridized carbons (Fsp3) is 0.385. The Kier molecular flexibility index (Phi) is 4.36. The van der Waals surface area contributed by atoms with Gasteiger partial charge in [0.15, 0.2) is 0 Å². The molecule has 1 aliphatic rings. The van der Waals surface area contributed by atoms with E-state index in [2.05, 4.69) is 10.6 Å². The molecule has 1 atom stereocenters. The van der Waals surface area contributed by atoms with Gasteiger partial charge in [0.1, 0.15) is 6.04 Å². The molecule has 1 heterocycles. The number of hydrogen-bond acceptors (Lipinski definition) is 4. The third-order valence-corrected chi connectivity index (χ3v) is 3.31. The van der Waals surface area contributed by atoms with Gasteiger partial charge < -0.3 is 15.5 Å². The third kappa shape index (κ3) is 3.28. The molecule has 21 heavy (non-hydrogen) atoms. The van der Waals surface area contributed by atoms with E-state index in [1.54, 1.807) is 0 Å². The highest BCUT2D eigenvalue weighted by molar-refractivity contribution is 5.94. The lowest BCUT2D eigenvalue weighted by molar-refractivity contribution is -0.384. The van der Waals surface area contributed by atoms with E-state index in [0.29, 0.717) is 25.2 Å². The molecule has 8 nitrogen and oxygen atoms in total. The number of amides is 3. The molecular formula is C13H16N4O4. The number of urea groups is 1. The van der Waals surface area contributed by atoms with E-state index < -0.39 is 11.0 Å². The lowest BCUT2D eigenvalue weighted by atomic mass is 10.1. The number of nitrogens with one attached hydrogen (secondary N) is 2. The van der Waals surface area contributed by atoms with Gasteiger partial charge in [-0.15, -0.1) is 0 Å². The van der Waals surface area contributed by atoms with Crippen LogP contribution in [0.4, 0.5) is 16.2 Å². The molecule has 1 aliphatic heterocycles. The van der Waals surface area contributed by atoms with Crippen molar-refractivity contribution in [3.05, 3.63) is 34.4 Å². The summed E-state index contributed by atoms with van der Waals surface area (Å²) in [6.07, 6.45) is 0.527. The van der Waals surface area contributed by atoms with Gasteiger partial charge in [0.2, 0.25) is 5.91 Å². The summed E-state index contributed by atoms with van der Waals surface area (Å²) >= 11 is 0. The number of rotatable bonds is 3. The van der Waals surface area contributed by atoms with Gasteiger partial charge in [0.05, 0.1) is 4.92 Å². The number of piperazine rings is 1. The maximum Gasteiger partial charge on any atom is 0.322 e. The zero-order valence-corrected chi connectivity index (χ0v) is 11.5. The monoisotopic (exact) mass is 292 g/mol. The number of carbonyl (C=O) groups excluding carboxylic acids is 2. The summed E-state index contributed by atoms with van der Waals surface area (Å²) in [6, 6.07) is 4.68. The van der Waals surface area contributed by atoms with E-state index in [1.807, 2.05) is 6.92 Å². The maximum atomic E-state index is 12.2. The van der Waals surface area contributed by atoms with Gasteiger partial charge in [-0.3, -0.25) is 14.9 Å². The Bertz CT molecular complexity index is 558. The number of nitro groups is 1. The average molecular weight is 292 g/mol. The minimum Gasteiger partial charge on any atom is -0.353 e. The molecule has 112 valence electrons. The number of nitro benzene ring substituents is 1. The molecule has 3 amide bonds. The zero-order valence-electron chi connectivity index (χ0n) is 11.5. The van der Waals surface area contributed by atoms with Gasteiger partial charge in [-0.1, -0.05) is 6.92 Å². The van der Waals surface area contributed by atoms with Gasteiger partial charge in [0, 0.05) is 30.9 Å². The molecule has 0 aliphatic carbocycles. The van der Waals surface area contributed by atoms with E-state index in [4.69, 9.17) is 0 Å². The van der Waals surface area contributed by atoms with E-state index in [0.717, 1.165) is 0 Å². The first kappa shape index (κ1) is 14.8. The highest BCUT2D eigenvalue weighted by atomic mass is 16.6. The lowest BCUT2D eigenvalue weighted by Gasteiger charge is -2.34. The van der Waals surface area contributed by atoms with Crippen molar-refractivity contribution in [1.82, 2.24) is 10.2 Å². The lowest BCUT2D eigenvalue weighted by Crippen LogP contribution is -2.57. The van der Waals surface area contributed by atoms with E-state index >= 15 is 0 Å². The molecule has 1 fully saturated rings. The average Bonchev–Trinajstić information content (AvgIpc) is 2.47. The smallest absolute Gasteiger partial charge is 0.322 e. The molecule has 0 saturated carbocycles. The largest absolute Gasteiger partial charge is 0.353 e. The summed E-state index contributed by atoms with van der Waals surface area (Å²) in [5.41, 5.74) is 0.406. The second kappa shape index (κ2) is 6.21. The highest BCUT2D eigenvalue weighted by Gasteiger charge is 2.31. The van der Waals surface area contributed by atoms with Crippen LogP contribution in [0.2, 0.25) is 0 Å². The Labute approximate surface area is 121 Å². The van der Waals surface area contributed by atoms with Gasteiger partial charge in [0.25, 0.3) is 5.69 Å². The first-order chi connectivity index (χ1) is 10.0. The van der Waals surface area contributed by atoms with Crippen LogP contribution in [0.25, 0.3) is 0 Å². The molecule has 0 spiro atoms. The van der Waals surface area contributed by atoms with Gasteiger partial charge >= 0.3 is 6.03 Å². The fourth-order valence-corrected chi connectivity index (χ4v) is 2.23. The second-order valence-electron chi connectivity index (χ2n) is 4.64. The van der Waals surface area contributed by atoms with Crippen LogP contribution < -0.4 is 10.6 Å². The fourth-order valence-electron chi connectivity index (χ4n) is 2.23. The number of benzene rings is 1. The van der Waals surface area contributed by atoms with Crippen LogP contribution in [0, 0.1) is 10.1 Å². The zero-order chi connectivity index (χ0) is 15.4. The van der Waals surface area contributed by atoms with Crippen LogP contribution in [-0.4, -0.2) is 40.9 Å². The molecule has 0 bridgehead atoms. The Morgan fingerprint density at radius 2 is 2.14 bits per heavy atom. The quantitative estimate of drug-likeness (QED) is 0.647. The van der Waals surface area contributed by atoms with Crippen molar-refractivity contribution in [3.8, 4) is 0 Å². The van der Waals surface area contributed by atoms with Crippen LogP contribution in [0.3, 0.4) is 0 Å². The Morgan fingerprint density at radius 3 is 2.71 bits per heavy atom. The molecule has 0 aromatic heterocycles. The molecule has 1 aromatic carbocycles. The molecule has 2 N–H and O–H groups in total. The maximum absolute atomic E-state index is 12.2. The molecule has 0 radical (unpaired) electrons. The van der Waals surface area contributed by atoms with Gasteiger partial charge in [-0.2, -0.15) is 0 Å². The van der Waals surface area contributed by atoms with Crippen molar-refractivity contribution in [2.24, 2.45) is 0 Å². The highest BCUT2D eigenvalue weighted by Crippen LogP contribution is 2.17. The second-order valence-corrected chi connectivity index (χ2v) is 4.64. The molecular weight excluding hydrogens is 276 g/mol. The van der Waals surface area contributed by atoms with Crippen LogP contribution in [-0.2, 0) is 4.79 Å². The Balaban J connectivity index is 2.06. The summed E-state index contributed by atoms with van der Waals surface area (Å²) in [6.45, 7) is 2.69. The first-order valence-corrected chi connectivity index (χ1v) is 6.62. The normalized spacial score (nSPS) is 18.0. The summed E-state index contributed by atoms with van der Waals surface area (Å²) < 4.78 is 0. The van der Waals surface area contributed by atoms with Crippen molar-refractivity contribution in [3.63, 3.8) is 0 Å². The molecule has 8 heteroatoms.